The predicted molar refractivity (Wildman–Crippen MR) is 122 cm³/mol. The quantitative estimate of drug-likeness (QED) is 0.341. The Morgan fingerprint density at radius 1 is 1.13 bits per heavy atom. The molecule has 0 aliphatic carbocycles. The van der Waals surface area contributed by atoms with Gasteiger partial charge in [-0.05, 0) is 53.9 Å². The normalized spacial score (nSPS) is 13.2. The second kappa shape index (κ2) is 9.08. The molecule has 6 nitrogen and oxygen atoms in total. The largest absolute Gasteiger partial charge is 0.411 e. The van der Waals surface area contributed by atoms with E-state index in [0.717, 1.165) is 16.7 Å². The molecule has 1 unspecified atom stereocenters. The summed E-state index contributed by atoms with van der Waals surface area (Å²) in [5.41, 5.74) is 3.66. The van der Waals surface area contributed by atoms with E-state index in [4.69, 9.17) is 11.6 Å². The number of aromatic nitrogens is 1. The Morgan fingerprint density at radius 2 is 1.81 bits per heavy atom. The highest BCUT2D eigenvalue weighted by Crippen LogP contribution is 2.33. The number of aryl methyl sites for hydroxylation is 2. The first-order chi connectivity index (χ1) is 14.6. The maximum Gasteiger partial charge on any atom is 0.250 e. The van der Waals surface area contributed by atoms with E-state index in [1.807, 2.05) is 19.1 Å². The molecule has 1 heterocycles. The highest BCUT2D eigenvalue weighted by atomic mass is 35.5. The molecule has 0 aliphatic rings. The molecule has 2 aromatic carbocycles. The zero-order valence-electron chi connectivity index (χ0n) is 17.4. The third kappa shape index (κ3) is 5.24. The zero-order valence-corrected chi connectivity index (χ0v) is 19.0. The van der Waals surface area contributed by atoms with Crippen LogP contribution in [0.4, 0.5) is 0 Å². The van der Waals surface area contributed by atoms with Gasteiger partial charge in [-0.1, -0.05) is 35.0 Å². The van der Waals surface area contributed by atoms with Crippen LogP contribution in [0.1, 0.15) is 34.6 Å². The van der Waals surface area contributed by atoms with Crippen molar-refractivity contribution in [3.05, 3.63) is 98.4 Å². The maximum absolute atomic E-state index is 11.8. The first-order valence-electron chi connectivity index (χ1n) is 9.54. The van der Waals surface area contributed by atoms with Crippen molar-refractivity contribution in [3.63, 3.8) is 0 Å². The number of halogens is 1. The van der Waals surface area contributed by atoms with Crippen LogP contribution < -0.4 is 5.56 Å². The Kier molecular flexibility index (Phi) is 6.67. The second-order valence-corrected chi connectivity index (χ2v) is 9.96. The minimum atomic E-state index is -3.32. The fourth-order valence-corrected chi connectivity index (χ4v) is 4.42. The van der Waals surface area contributed by atoms with E-state index in [1.54, 1.807) is 49.6 Å². The van der Waals surface area contributed by atoms with Gasteiger partial charge in [-0.2, -0.15) is 0 Å². The monoisotopic (exact) mass is 458 g/mol. The standard InChI is InChI=1S/C23H23ClN2O4S/c1-15-12-18(24)7-10-20(15)21(16-4-8-19(9-5-16)31(3,29)30)13-22(25-28)17-6-11-23(27)26(2)14-17/h4-12,14,21,28H,13H2,1-3H3/b25-22+. The van der Waals surface area contributed by atoms with Gasteiger partial charge in [0.2, 0.25) is 5.56 Å². The summed E-state index contributed by atoms with van der Waals surface area (Å²) in [7, 11) is -1.69. The summed E-state index contributed by atoms with van der Waals surface area (Å²) in [5.74, 6) is -0.228. The van der Waals surface area contributed by atoms with Gasteiger partial charge in [0.1, 0.15) is 0 Å². The van der Waals surface area contributed by atoms with E-state index in [0.29, 0.717) is 22.7 Å². The third-order valence-corrected chi connectivity index (χ3v) is 6.62. The van der Waals surface area contributed by atoms with Crippen molar-refractivity contribution in [2.75, 3.05) is 6.26 Å². The molecule has 31 heavy (non-hydrogen) atoms. The van der Waals surface area contributed by atoms with Gasteiger partial charge in [-0.3, -0.25) is 4.79 Å². The van der Waals surface area contributed by atoms with Crippen LogP contribution >= 0.6 is 11.6 Å². The van der Waals surface area contributed by atoms with Crippen LogP contribution in [0.25, 0.3) is 0 Å². The average molecular weight is 459 g/mol. The minimum absolute atomic E-state index is 0.164. The Bertz CT molecular complexity index is 1300. The molecule has 0 amide bonds. The van der Waals surface area contributed by atoms with Crippen LogP contribution in [0.5, 0.6) is 0 Å². The summed E-state index contributed by atoms with van der Waals surface area (Å²) in [4.78, 5) is 12.0. The van der Waals surface area contributed by atoms with Crippen molar-refractivity contribution in [1.29, 1.82) is 0 Å². The van der Waals surface area contributed by atoms with Gasteiger partial charge < -0.3 is 9.77 Å². The van der Waals surface area contributed by atoms with E-state index < -0.39 is 9.84 Å². The van der Waals surface area contributed by atoms with E-state index >= 15 is 0 Å². The number of hydrogen-bond donors (Lipinski definition) is 1. The van der Waals surface area contributed by atoms with Crippen molar-refractivity contribution in [2.45, 2.75) is 24.2 Å². The number of nitrogens with zero attached hydrogens (tertiary/aromatic N) is 2. The molecule has 8 heteroatoms. The van der Waals surface area contributed by atoms with Crippen LogP contribution in [-0.2, 0) is 16.9 Å². The van der Waals surface area contributed by atoms with Gasteiger partial charge in [0.15, 0.2) is 9.84 Å². The van der Waals surface area contributed by atoms with Crippen LogP contribution in [0.2, 0.25) is 5.02 Å². The molecule has 1 atom stereocenters. The number of oxime groups is 1. The van der Waals surface area contributed by atoms with Crippen molar-refractivity contribution >= 4 is 27.1 Å². The predicted octanol–water partition coefficient (Wildman–Crippen LogP) is 4.15. The lowest BCUT2D eigenvalue weighted by molar-refractivity contribution is 0.317. The van der Waals surface area contributed by atoms with Crippen LogP contribution in [0, 0.1) is 6.92 Å². The van der Waals surface area contributed by atoms with Crippen LogP contribution in [0.15, 0.2) is 75.6 Å². The van der Waals surface area contributed by atoms with E-state index in [1.165, 1.54) is 16.9 Å². The molecule has 162 valence electrons. The SMILES string of the molecule is Cc1cc(Cl)ccc1C(C/C(=N\O)c1ccc(=O)n(C)c1)c1ccc(S(C)(=O)=O)cc1. The smallest absolute Gasteiger partial charge is 0.250 e. The van der Waals surface area contributed by atoms with Crippen LogP contribution in [-0.4, -0.2) is 30.2 Å². The highest BCUT2D eigenvalue weighted by Gasteiger charge is 2.21. The third-order valence-electron chi connectivity index (χ3n) is 5.26. The molecule has 1 aromatic heterocycles. The highest BCUT2D eigenvalue weighted by molar-refractivity contribution is 7.90. The summed E-state index contributed by atoms with van der Waals surface area (Å²) < 4.78 is 25.1. The average Bonchev–Trinajstić information content (AvgIpc) is 2.71. The van der Waals surface area contributed by atoms with Crippen molar-refractivity contribution in [2.24, 2.45) is 12.2 Å². The molecular formula is C23H23ClN2O4S. The molecular weight excluding hydrogens is 436 g/mol. The molecule has 0 bridgehead atoms. The lowest BCUT2D eigenvalue weighted by atomic mass is 9.83. The van der Waals surface area contributed by atoms with Crippen molar-refractivity contribution in [3.8, 4) is 0 Å². The lowest BCUT2D eigenvalue weighted by Crippen LogP contribution is -2.18. The number of sulfone groups is 1. The summed E-state index contributed by atoms with van der Waals surface area (Å²) in [6, 6.07) is 15.3. The Balaban J connectivity index is 2.09. The number of pyridine rings is 1. The first-order valence-corrected chi connectivity index (χ1v) is 11.8. The number of benzene rings is 2. The van der Waals surface area contributed by atoms with E-state index in [-0.39, 0.29) is 16.4 Å². The number of rotatable bonds is 6. The van der Waals surface area contributed by atoms with Gasteiger partial charge in [-0.15, -0.1) is 0 Å². The summed E-state index contributed by atoms with van der Waals surface area (Å²) in [6.07, 6.45) is 3.12. The minimum Gasteiger partial charge on any atom is -0.411 e. The fraction of sp³-hybridized carbons (Fsp3) is 0.217. The fourth-order valence-electron chi connectivity index (χ4n) is 3.56. The molecule has 3 rings (SSSR count). The summed E-state index contributed by atoms with van der Waals surface area (Å²) in [6.45, 7) is 1.95. The van der Waals surface area contributed by atoms with E-state index in [9.17, 15) is 18.4 Å². The second-order valence-electron chi connectivity index (χ2n) is 7.51. The lowest BCUT2D eigenvalue weighted by Gasteiger charge is -2.21. The first kappa shape index (κ1) is 22.8. The van der Waals surface area contributed by atoms with Gasteiger partial charge in [0.05, 0.1) is 10.6 Å². The molecule has 1 N–H and O–H groups in total. The molecule has 0 saturated carbocycles. The summed E-state index contributed by atoms with van der Waals surface area (Å²) in [5, 5.41) is 13.9. The van der Waals surface area contributed by atoms with E-state index in [2.05, 4.69) is 5.16 Å². The number of hydrogen-bond acceptors (Lipinski definition) is 5. The van der Waals surface area contributed by atoms with Crippen LogP contribution in [0.3, 0.4) is 0 Å². The van der Waals surface area contributed by atoms with Crippen molar-refractivity contribution < 1.29 is 13.6 Å². The Morgan fingerprint density at radius 3 is 2.35 bits per heavy atom. The summed E-state index contributed by atoms with van der Waals surface area (Å²) >= 11 is 6.14. The molecule has 3 aromatic rings. The van der Waals surface area contributed by atoms with Crippen molar-refractivity contribution in [1.82, 2.24) is 4.57 Å². The topological polar surface area (TPSA) is 88.7 Å². The molecule has 0 spiro atoms. The Hall–Kier alpha value is -2.90. The molecule has 0 fully saturated rings. The maximum atomic E-state index is 11.8. The van der Waals surface area contributed by atoms with Gasteiger partial charge in [0, 0.05) is 48.5 Å². The Labute approximate surface area is 186 Å². The molecule has 0 aliphatic heterocycles. The molecule has 0 radical (unpaired) electrons. The zero-order chi connectivity index (χ0) is 22.8. The van der Waals surface area contributed by atoms with Gasteiger partial charge >= 0.3 is 0 Å². The van der Waals surface area contributed by atoms with Gasteiger partial charge in [0.25, 0.3) is 0 Å². The van der Waals surface area contributed by atoms with Gasteiger partial charge in [-0.25, -0.2) is 8.42 Å². The molecule has 0 saturated heterocycles.